The molecule has 0 aromatic carbocycles. The molecule has 11 nitrogen and oxygen atoms in total. The van der Waals surface area contributed by atoms with E-state index < -0.39 is 74.2 Å². The minimum atomic E-state index is -1.66. The molecule has 0 bridgehead atoms. The van der Waals surface area contributed by atoms with Crippen molar-refractivity contribution in [3.05, 3.63) is 12.2 Å². The number of carbonyl (C=O) groups excluding carboxylic acids is 1. The Kier molecular flexibility index (Phi) is 44.7. The Morgan fingerprint density at radius 3 is 1.26 bits per heavy atom. The molecule has 11 heteroatoms. The van der Waals surface area contributed by atoms with Gasteiger partial charge in [0.2, 0.25) is 5.91 Å². The number of aliphatic hydroxyl groups excluding tert-OH is 7. The molecule has 1 heterocycles. The van der Waals surface area contributed by atoms with Crippen LogP contribution in [0.3, 0.4) is 0 Å². The van der Waals surface area contributed by atoms with Crippen LogP contribution in [0.25, 0.3) is 0 Å². The van der Waals surface area contributed by atoms with Crippen molar-refractivity contribution in [3.63, 3.8) is 0 Å². The van der Waals surface area contributed by atoms with Gasteiger partial charge in [0.1, 0.15) is 36.6 Å². The second-order valence-electron chi connectivity index (χ2n) is 20.7. The highest BCUT2D eigenvalue weighted by atomic mass is 16.7. The van der Waals surface area contributed by atoms with Crippen molar-refractivity contribution in [2.75, 3.05) is 13.2 Å². The number of hydrogen-bond acceptors (Lipinski definition) is 10. The summed E-state index contributed by atoms with van der Waals surface area (Å²) in [5, 5.41) is 76.1. The molecule has 8 N–H and O–H groups in total. The van der Waals surface area contributed by atoms with Crippen molar-refractivity contribution in [2.45, 2.75) is 332 Å². The van der Waals surface area contributed by atoms with E-state index in [0.717, 1.165) is 38.5 Å². The van der Waals surface area contributed by atoms with Crippen LogP contribution in [0.4, 0.5) is 0 Å². The summed E-state index contributed by atoms with van der Waals surface area (Å²) >= 11 is 0. The molecule has 1 aliphatic rings. The second-order valence-corrected chi connectivity index (χ2v) is 20.7. The molecule has 1 amide bonds. The molecule has 1 fully saturated rings. The standard InChI is InChI=1S/C57H111NO10/c1-3-5-7-9-11-13-15-17-19-21-23-25-27-28-30-32-34-36-38-40-42-44-49(60)52(62)48(47-67-57-55(65)54(64)53(63)51(46-59)68-57)58-56(66)50(61)45-43-41-39-37-35-33-31-29-26-24-22-20-18-16-14-12-10-8-6-4-2/h36,38,48-55,57,59-65H,3-35,37,39-47H2,1-2H3,(H,58,66)/b38-36+. The van der Waals surface area contributed by atoms with Crippen LogP contribution in [0.2, 0.25) is 0 Å². The lowest BCUT2D eigenvalue weighted by molar-refractivity contribution is -0.303. The van der Waals surface area contributed by atoms with Gasteiger partial charge in [-0.3, -0.25) is 4.79 Å². The first-order chi connectivity index (χ1) is 33.2. The first-order valence-electron chi connectivity index (χ1n) is 29.1. The monoisotopic (exact) mass is 970 g/mol. The van der Waals surface area contributed by atoms with Gasteiger partial charge in [-0.05, 0) is 38.5 Å². The molecule has 0 aromatic heterocycles. The van der Waals surface area contributed by atoms with Crippen LogP contribution in [0.1, 0.15) is 277 Å². The Balaban J connectivity index is 2.33. The van der Waals surface area contributed by atoms with E-state index in [4.69, 9.17) is 9.47 Å². The van der Waals surface area contributed by atoms with Gasteiger partial charge in [-0.15, -0.1) is 0 Å². The second kappa shape index (κ2) is 46.9. The van der Waals surface area contributed by atoms with Crippen LogP contribution in [-0.2, 0) is 14.3 Å². The lowest BCUT2D eigenvalue weighted by Gasteiger charge is -2.40. The van der Waals surface area contributed by atoms with Gasteiger partial charge < -0.3 is 50.5 Å². The van der Waals surface area contributed by atoms with Gasteiger partial charge >= 0.3 is 0 Å². The van der Waals surface area contributed by atoms with Gasteiger partial charge in [-0.1, -0.05) is 251 Å². The third-order valence-electron chi connectivity index (χ3n) is 14.3. The molecule has 0 saturated carbocycles. The van der Waals surface area contributed by atoms with E-state index in [1.54, 1.807) is 0 Å². The Morgan fingerprint density at radius 1 is 0.500 bits per heavy atom. The summed E-state index contributed by atoms with van der Waals surface area (Å²) in [5.41, 5.74) is 0. The smallest absolute Gasteiger partial charge is 0.249 e. The fourth-order valence-electron chi connectivity index (χ4n) is 9.56. The van der Waals surface area contributed by atoms with Crippen molar-refractivity contribution >= 4 is 5.91 Å². The summed E-state index contributed by atoms with van der Waals surface area (Å²) in [7, 11) is 0. The fourth-order valence-corrected chi connectivity index (χ4v) is 9.56. The molecule has 1 saturated heterocycles. The van der Waals surface area contributed by atoms with Gasteiger partial charge in [0.05, 0.1) is 25.4 Å². The van der Waals surface area contributed by atoms with Gasteiger partial charge in [-0.25, -0.2) is 0 Å². The molecule has 9 atom stereocenters. The number of aliphatic hydroxyl groups is 7. The van der Waals surface area contributed by atoms with Crippen molar-refractivity contribution < 1.29 is 50.0 Å². The number of nitrogens with one attached hydrogen (secondary N) is 1. The highest BCUT2D eigenvalue weighted by Crippen LogP contribution is 2.23. The molecular formula is C57H111NO10. The fraction of sp³-hybridized carbons (Fsp3) is 0.947. The number of rotatable bonds is 50. The summed E-state index contributed by atoms with van der Waals surface area (Å²) in [6, 6.07) is -1.18. The minimum Gasteiger partial charge on any atom is -0.394 e. The molecular weight excluding hydrogens is 859 g/mol. The van der Waals surface area contributed by atoms with Crippen LogP contribution < -0.4 is 5.32 Å². The van der Waals surface area contributed by atoms with Crippen molar-refractivity contribution in [2.24, 2.45) is 0 Å². The highest BCUT2D eigenvalue weighted by Gasteiger charge is 2.44. The molecule has 0 spiro atoms. The molecule has 0 aliphatic carbocycles. The Bertz CT molecular complexity index is 1110. The molecule has 9 unspecified atom stereocenters. The zero-order chi connectivity index (χ0) is 49.7. The summed E-state index contributed by atoms with van der Waals surface area (Å²) in [5.74, 6) is -0.700. The number of amides is 1. The predicted octanol–water partition coefficient (Wildman–Crippen LogP) is 12.0. The van der Waals surface area contributed by atoms with E-state index in [0.29, 0.717) is 12.8 Å². The van der Waals surface area contributed by atoms with E-state index in [1.807, 2.05) is 0 Å². The van der Waals surface area contributed by atoms with Gasteiger partial charge in [0.25, 0.3) is 0 Å². The average molecular weight is 971 g/mol. The molecule has 0 radical (unpaired) electrons. The normalized spacial score (nSPS) is 20.5. The van der Waals surface area contributed by atoms with Gasteiger partial charge in [0.15, 0.2) is 6.29 Å². The molecule has 68 heavy (non-hydrogen) atoms. The summed E-state index contributed by atoms with van der Waals surface area (Å²) in [4.78, 5) is 13.2. The Labute approximate surface area is 417 Å². The maximum Gasteiger partial charge on any atom is 0.249 e. The number of carbonyl (C=O) groups is 1. The number of allylic oxidation sites excluding steroid dienone is 2. The lowest BCUT2D eigenvalue weighted by Crippen LogP contribution is -2.60. The lowest BCUT2D eigenvalue weighted by atomic mass is 9.98. The largest absolute Gasteiger partial charge is 0.394 e. The molecule has 1 aliphatic heterocycles. The Morgan fingerprint density at radius 2 is 0.868 bits per heavy atom. The summed E-state index contributed by atoms with van der Waals surface area (Å²) < 4.78 is 11.1. The van der Waals surface area contributed by atoms with Crippen LogP contribution in [0.15, 0.2) is 12.2 Å². The number of hydrogen-bond donors (Lipinski definition) is 8. The van der Waals surface area contributed by atoms with Crippen LogP contribution in [0.5, 0.6) is 0 Å². The highest BCUT2D eigenvalue weighted by molar-refractivity contribution is 5.80. The third-order valence-corrected chi connectivity index (χ3v) is 14.3. The van der Waals surface area contributed by atoms with Gasteiger partial charge in [-0.2, -0.15) is 0 Å². The van der Waals surface area contributed by atoms with E-state index in [1.165, 1.54) is 199 Å². The number of ether oxygens (including phenoxy) is 2. The first-order valence-corrected chi connectivity index (χ1v) is 29.1. The van der Waals surface area contributed by atoms with E-state index >= 15 is 0 Å². The van der Waals surface area contributed by atoms with Gasteiger partial charge in [0, 0.05) is 0 Å². The Hall–Kier alpha value is -1.15. The molecule has 0 aromatic rings. The average Bonchev–Trinajstić information content (AvgIpc) is 3.34. The topological polar surface area (TPSA) is 189 Å². The quantitative estimate of drug-likeness (QED) is 0.0215. The van der Waals surface area contributed by atoms with Crippen molar-refractivity contribution in [1.82, 2.24) is 5.32 Å². The van der Waals surface area contributed by atoms with Crippen LogP contribution in [0, 0.1) is 0 Å². The van der Waals surface area contributed by atoms with Crippen LogP contribution >= 0.6 is 0 Å². The minimum absolute atomic E-state index is 0.259. The van der Waals surface area contributed by atoms with E-state index in [9.17, 15) is 40.5 Å². The SMILES string of the molecule is CCCCCCCCCCCCCCCCCC/C=C/CCCC(O)C(O)C(COC1OC(CO)C(O)C(O)C1O)NC(=O)C(O)CCCCCCCCCCCCCCCCCCCCCC. The summed E-state index contributed by atoms with van der Waals surface area (Å²) in [6.45, 7) is 3.48. The van der Waals surface area contributed by atoms with Crippen molar-refractivity contribution in [3.8, 4) is 0 Å². The maximum absolute atomic E-state index is 13.2. The van der Waals surface area contributed by atoms with Crippen molar-refractivity contribution in [1.29, 1.82) is 0 Å². The zero-order valence-corrected chi connectivity index (χ0v) is 44.1. The number of unbranched alkanes of at least 4 members (excludes halogenated alkanes) is 36. The molecule has 404 valence electrons. The molecule has 1 rings (SSSR count). The maximum atomic E-state index is 13.2. The first kappa shape index (κ1) is 64.9. The van der Waals surface area contributed by atoms with E-state index in [-0.39, 0.29) is 12.8 Å². The van der Waals surface area contributed by atoms with Crippen LogP contribution in [-0.4, -0.2) is 110 Å². The predicted molar refractivity (Wildman–Crippen MR) is 279 cm³/mol. The third kappa shape index (κ3) is 35.1. The zero-order valence-electron chi connectivity index (χ0n) is 44.1. The van der Waals surface area contributed by atoms with E-state index in [2.05, 4.69) is 31.3 Å². The summed E-state index contributed by atoms with van der Waals surface area (Å²) in [6.07, 6.45) is 42.6.